The van der Waals surface area contributed by atoms with Gasteiger partial charge in [-0.3, -0.25) is 9.36 Å². The average molecular weight is 268 g/mol. The van der Waals surface area contributed by atoms with Crippen molar-refractivity contribution in [1.29, 1.82) is 0 Å². The first kappa shape index (κ1) is 10.3. The van der Waals surface area contributed by atoms with Crippen LogP contribution in [-0.4, -0.2) is 9.55 Å². The van der Waals surface area contributed by atoms with Crippen molar-refractivity contribution in [3.63, 3.8) is 0 Å². The largest absolute Gasteiger partial charge is 0.324 e. The van der Waals surface area contributed by atoms with Gasteiger partial charge in [-0.05, 0) is 18.2 Å². The Balaban J connectivity index is 2.91. The normalized spacial score (nSPS) is 10.9. The summed E-state index contributed by atoms with van der Waals surface area (Å²) in [6.45, 7) is 0.258. The van der Waals surface area contributed by atoms with Crippen LogP contribution in [0, 0.1) is 0 Å². The van der Waals surface area contributed by atoms with E-state index in [-0.39, 0.29) is 12.1 Å². The molecule has 0 aliphatic rings. The zero-order chi connectivity index (χ0) is 11.0. The standard InChI is InChI=1S/C10H10BrN3O/c1-14-9(5-12)13-8-4-6(11)2-3-7(8)10(14)15/h2-4H,5,12H2,1H3. The quantitative estimate of drug-likeness (QED) is 0.844. The smallest absolute Gasteiger partial charge is 0.261 e. The molecule has 0 atom stereocenters. The summed E-state index contributed by atoms with van der Waals surface area (Å²) >= 11 is 3.34. The molecule has 0 saturated carbocycles. The number of rotatable bonds is 1. The van der Waals surface area contributed by atoms with Gasteiger partial charge in [0.15, 0.2) is 0 Å². The predicted molar refractivity (Wildman–Crippen MR) is 62.6 cm³/mol. The maximum atomic E-state index is 11.9. The van der Waals surface area contributed by atoms with Crippen LogP contribution in [-0.2, 0) is 13.6 Å². The average Bonchev–Trinajstić information content (AvgIpc) is 2.23. The van der Waals surface area contributed by atoms with Crippen LogP contribution in [0.2, 0.25) is 0 Å². The van der Waals surface area contributed by atoms with Gasteiger partial charge in [0.05, 0.1) is 17.4 Å². The van der Waals surface area contributed by atoms with E-state index < -0.39 is 0 Å². The van der Waals surface area contributed by atoms with Gasteiger partial charge < -0.3 is 5.73 Å². The Morgan fingerprint density at radius 1 is 1.53 bits per heavy atom. The number of benzene rings is 1. The van der Waals surface area contributed by atoms with Crippen LogP contribution in [0.5, 0.6) is 0 Å². The van der Waals surface area contributed by atoms with Crippen molar-refractivity contribution in [3.8, 4) is 0 Å². The second-order valence-corrected chi connectivity index (χ2v) is 4.17. The summed E-state index contributed by atoms with van der Waals surface area (Å²) in [4.78, 5) is 16.2. The fraction of sp³-hybridized carbons (Fsp3) is 0.200. The van der Waals surface area contributed by atoms with Crippen LogP contribution in [0.25, 0.3) is 10.9 Å². The fourth-order valence-electron chi connectivity index (χ4n) is 1.47. The van der Waals surface area contributed by atoms with E-state index in [0.717, 1.165) is 4.47 Å². The maximum absolute atomic E-state index is 11.9. The second-order valence-electron chi connectivity index (χ2n) is 3.26. The van der Waals surface area contributed by atoms with Crippen molar-refractivity contribution in [2.75, 3.05) is 0 Å². The number of fused-ring (bicyclic) bond motifs is 1. The molecule has 0 aliphatic carbocycles. The van der Waals surface area contributed by atoms with E-state index in [4.69, 9.17) is 5.73 Å². The van der Waals surface area contributed by atoms with Gasteiger partial charge in [-0.25, -0.2) is 4.98 Å². The first-order valence-electron chi connectivity index (χ1n) is 4.48. The molecule has 78 valence electrons. The van der Waals surface area contributed by atoms with Crippen molar-refractivity contribution in [1.82, 2.24) is 9.55 Å². The molecular formula is C10H10BrN3O. The summed E-state index contributed by atoms with van der Waals surface area (Å²) in [6, 6.07) is 5.40. The van der Waals surface area contributed by atoms with Gasteiger partial charge >= 0.3 is 0 Å². The zero-order valence-electron chi connectivity index (χ0n) is 8.20. The third-order valence-electron chi connectivity index (χ3n) is 2.31. The van der Waals surface area contributed by atoms with E-state index in [9.17, 15) is 4.79 Å². The molecule has 2 aromatic rings. The Kier molecular flexibility index (Phi) is 2.58. The van der Waals surface area contributed by atoms with Crippen LogP contribution < -0.4 is 11.3 Å². The zero-order valence-corrected chi connectivity index (χ0v) is 9.78. The number of hydrogen-bond donors (Lipinski definition) is 1. The fourth-order valence-corrected chi connectivity index (χ4v) is 1.82. The van der Waals surface area contributed by atoms with E-state index in [0.29, 0.717) is 16.7 Å². The molecule has 1 heterocycles. The van der Waals surface area contributed by atoms with Crippen molar-refractivity contribution in [2.24, 2.45) is 12.8 Å². The molecule has 0 aliphatic heterocycles. The monoisotopic (exact) mass is 267 g/mol. The lowest BCUT2D eigenvalue weighted by atomic mass is 10.2. The molecule has 0 fully saturated rings. The predicted octanol–water partition coefficient (Wildman–Crippen LogP) is 1.15. The van der Waals surface area contributed by atoms with Crippen molar-refractivity contribution < 1.29 is 0 Å². The lowest BCUT2D eigenvalue weighted by molar-refractivity contribution is 0.741. The Morgan fingerprint density at radius 3 is 2.93 bits per heavy atom. The summed E-state index contributed by atoms with van der Waals surface area (Å²) in [5.41, 5.74) is 6.13. The Morgan fingerprint density at radius 2 is 2.27 bits per heavy atom. The molecular weight excluding hydrogens is 258 g/mol. The van der Waals surface area contributed by atoms with Crippen LogP contribution in [0.15, 0.2) is 27.5 Å². The number of hydrogen-bond acceptors (Lipinski definition) is 3. The molecule has 5 heteroatoms. The molecule has 1 aromatic heterocycles. The van der Waals surface area contributed by atoms with E-state index in [1.54, 1.807) is 13.1 Å². The van der Waals surface area contributed by atoms with Gasteiger partial charge in [-0.15, -0.1) is 0 Å². The van der Waals surface area contributed by atoms with Crippen molar-refractivity contribution in [3.05, 3.63) is 38.9 Å². The summed E-state index contributed by atoms with van der Waals surface area (Å²) in [5, 5.41) is 0.609. The highest BCUT2D eigenvalue weighted by Crippen LogP contribution is 2.15. The second kappa shape index (κ2) is 3.75. The molecule has 0 spiro atoms. The Hall–Kier alpha value is -1.20. The molecule has 0 saturated heterocycles. The van der Waals surface area contributed by atoms with E-state index in [2.05, 4.69) is 20.9 Å². The van der Waals surface area contributed by atoms with Crippen LogP contribution in [0.1, 0.15) is 5.82 Å². The minimum Gasteiger partial charge on any atom is -0.324 e. The molecule has 0 bridgehead atoms. The first-order chi connectivity index (χ1) is 7.13. The highest BCUT2D eigenvalue weighted by atomic mass is 79.9. The molecule has 15 heavy (non-hydrogen) atoms. The highest BCUT2D eigenvalue weighted by Gasteiger charge is 2.06. The molecule has 4 nitrogen and oxygen atoms in total. The van der Waals surface area contributed by atoms with Crippen LogP contribution >= 0.6 is 15.9 Å². The van der Waals surface area contributed by atoms with Gasteiger partial charge in [0, 0.05) is 11.5 Å². The number of halogens is 1. The first-order valence-corrected chi connectivity index (χ1v) is 5.28. The number of aromatic nitrogens is 2. The maximum Gasteiger partial charge on any atom is 0.261 e. The van der Waals surface area contributed by atoms with Gasteiger partial charge in [-0.1, -0.05) is 15.9 Å². The third kappa shape index (κ3) is 1.68. The van der Waals surface area contributed by atoms with Crippen molar-refractivity contribution in [2.45, 2.75) is 6.54 Å². The van der Waals surface area contributed by atoms with Gasteiger partial charge in [0.1, 0.15) is 5.82 Å². The van der Waals surface area contributed by atoms with E-state index in [1.807, 2.05) is 12.1 Å². The number of nitrogens with zero attached hydrogens (tertiary/aromatic N) is 2. The molecule has 2 N–H and O–H groups in total. The van der Waals surface area contributed by atoms with Gasteiger partial charge in [0.25, 0.3) is 5.56 Å². The van der Waals surface area contributed by atoms with E-state index in [1.165, 1.54) is 4.57 Å². The SMILES string of the molecule is Cn1c(CN)nc2cc(Br)ccc2c1=O. The summed E-state index contributed by atoms with van der Waals surface area (Å²) < 4.78 is 2.38. The summed E-state index contributed by atoms with van der Waals surface area (Å²) in [6.07, 6.45) is 0. The molecule has 1 aromatic carbocycles. The van der Waals surface area contributed by atoms with Gasteiger partial charge in [0.2, 0.25) is 0 Å². The molecule has 0 amide bonds. The lowest BCUT2D eigenvalue weighted by Gasteiger charge is -2.06. The molecule has 0 unspecified atom stereocenters. The van der Waals surface area contributed by atoms with Gasteiger partial charge in [-0.2, -0.15) is 0 Å². The Bertz CT molecular complexity index is 577. The minimum absolute atomic E-state index is 0.0621. The minimum atomic E-state index is -0.0621. The third-order valence-corrected chi connectivity index (χ3v) is 2.81. The van der Waals surface area contributed by atoms with Crippen LogP contribution in [0.3, 0.4) is 0 Å². The topological polar surface area (TPSA) is 60.9 Å². The van der Waals surface area contributed by atoms with Crippen molar-refractivity contribution >= 4 is 26.8 Å². The summed E-state index contributed by atoms with van der Waals surface area (Å²) in [7, 11) is 1.68. The number of nitrogens with two attached hydrogens (primary N) is 1. The van der Waals surface area contributed by atoms with E-state index >= 15 is 0 Å². The highest BCUT2D eigenvalue weighted by molar-refractivity contribution is 9.10. The Labute approximate surface area is 94.9 Å². The lowest BCUT2D eigenvalue weighted by Crippen LogP contribution is -2.24. The van der Waals surface area contributed by atoms with Crippen LogP contribution in [0.4, 0.5) is 0 Å². The molecule has 2 rings (SSSR count). The molecule has 0 radical (unpaired) electrons. The summed E-state index contributed by atoms with van der Waals surface area (Å²) in [5.74, 6) is 0.589.